The highest BCUT2D eigenvalue weighted by Crippen LogP contribution is 2.20. The summed E-state index contributed by atoms with van der Waals surface area (Å²) in [6.07, 6.45) is 6.54. The Morgan fingerprint density at radius 1 is 1.14 bits per heavy atom. The molecule has 0 unspecified atom stereocenters. The smallest absolute Gasteiger partial charge is 0.339 e. The van der Waals surface area contributed by atoms with Gasteiger partial charge in [-0.2, -0.15) is 4.40 Å². The van der Waals surface area contributed by atoms with Crippen LogP contribution in [0.4, 0.5) is 0 Å². The number of hydrogen-bond acceptors (Lipinski definition) is 6. The summed E-state index contributed by atoms with van der Waals surface area (Å²) in [7, 11) is 0. The van der Waals surface area contributed by atoms with Crippen LogP contribution in [0.2, 0.25) is 5.15 Å². The Labute approximate surface area is 171 Å². The zero-order valence-electron chi connectivity index (χ0n) is 15.3. The summed E-state index contributed by atoms with van der Waals surface area (Å²) in [5, 5.41) is 11.1. The third-order valence-corrected chi connectivity index (χ3v) is 4.53. The van der Waals surface area contributed by atoms with Gasteiger partial charge in [0.2, 0.25) is 5.78 Å². The summed E-state index contributed by atoms with van der Waals surface area (Å²) in [5.74, 6) is -0.0252. The number of carbonyl (C=O) groups excluding carboxylic acids is 1. The Morgan fingerprint density at radius 2 is 1.97 bits per heavy atom. The molecule has 0 bridgehead atoms. The highest BCUT2D eigenvalue weighted by atomic mass is 35.5. The van der Waals surface area contributed by atoms with Crippen LogP contribution in [0.1, 0.15) is 21.9 Å². The van der Waals surface area contributed by atoms with Crippen LogP contribution in [0.3, 0.4) is 0 Å². The van der Waals surface area contributed by atoms with Crippen LogP contribution >= 0.6 is 11.6 Å². The number of imidazole rings is 1. The van der Waals surface area contributed by atoms with Gasteiger partial charge < -0.3 is 9.84 Å². The molecule has 0 spiro atoms. The standard InChI is InChI=1S/C20H16ClN5O3/c21-16-6-5-14(10-24-16)11-26-18-4-1-2-9-25(18)20(28)19(26)15(27)12-29-13-17-22-7-3-8-23-17/h1-10H,11-13H2/p+1. The number of pyridine rings is 2. The Bertz CT molecular complexity index is 1150. The van der Waals surface area contributed by atoms with Gasteiger partial charge in [-0.05, 0) is 18.2 Å². The normalized spacial score (nSPS) is 11.1. The van der Waals surface area contributed by atoms with Crippen LogP contribution in [0.25, 0.3) is 5.65 Å². The fourth-order valence-electron chi connectivity index (χ4n) is 3.01. The van der Waals surface area contributed by atoms with E-state index in [1.807, 2.05) is 18.2 Å². The summed E-state index contributed by atoms with van der Waals surface area (Å²) in [6.45, 7) is 0.213. The van der Waals surface area contributed by atoms with Crippen LogP contribution in [-0.2, 0) is 17.9 Å². The fourth-order valence-corrected chi connectivity index (χ4v) is 3.12. The maximum Gasteiger partial charge on any atom is 0.339 e. The number of halogens is 1. The molecular weight excluding hydrogens is 394 g/mol. The molecule has 0 aliphatic carbocycles. The zero-order valence-corrected chi connectivity index (χ0v) is 16.0. The largest absolute Gasteiger partial charge is 0.474 e. The average molecular weight is 411 g/mol. The zero-order chi connectivity index (χ0) is 20.2. The Balaban J connectivity index is 1.62. The third-order valence-electron chi connectivity index (χ3n) is 4.30. The summed E-state index contributed by atoms with van der Waals surface area (Å²) in [5.41, 5.74) is 1.65. The monoisotopic (exact) mass is 410 g/mol. The van der Waals surface area contributed by atoms with E-state index in [1.54, 1.807) is 52.0 Å². The Morgan fingerprint density at radius 3 is 2.72 bits per heavy atom. The predicted octanol–water partition coefficient (Wildman–Crippen LogP) is 2.22. The molecule has 29 heavy (non-hydrogen) atoms. The van der Waals surface area contributed by atoms with Gasteiger partial charge in [0.05, 0.1) is 6.20 Å². The van der Waals surface area contributed by atoms with Gasteiger partial charge in [0.25, 0.3) is 11.3 Å². The van der Waals surface area contributed by atoms with Gasteiger partial charge in [-0.15, -0.1) is 0 Å². The molecule has 0 aliphatic rings. The minimum Gasteiger partial charge on any atom is -0.474 e. The van der Waals surface area contributed by atoms with E-state index in [2.05, 4.69) is 15.0 Å². The van der Waals surface area contributed by atoms with E-state index in [1.165, 1.54) is 0 Å². The van der Waals surface area contributed by atoms with Crippen molar-refractivity contribution in [3.05, 3.63) is 83.4 Å². The molecule has 0 fully saturated rings. The molecule has 0 aromatic carbocycles. The van der Waals surface area contributed by atoms with Gasteiger partial charge in [-0.25, -0.2) is 19.5 Å². The molecule has 4 aromatic heterocycles. The van der Waals surface area contributed by atoms with Crippen molar-refractivity contribution < 1.29 is 19.0 Å². The molecule has 146 valence electrons. The van der Waals surface area contributed by atoms with Gasteiger partial charge in [0.1, 0.15) is 24.9 Å². The van der Waals surface area contributed by atoms with E-state index >= 15 is 0 Å². The van der Waals surface area contributed by atoms with E-state index in [-0.39, 0.29) is 30.6 Å². The van der Waals surface area contributed by atoms with Gasteiger partial charge in [0, 0.05) is 30.2 Å². The van der Waals surface area contributed by atoms with Gasteiger partial charge in [-0.1, -0.05) is 23.7 Å². The maximum atomic E-state index is 12.9. The topological polar surface area (TPSA) is 94.2 Å². The van der Waals surface area contributed by atoms with Crippen molar-refractivity contribution >= 4 is 23.0 Å². The van der Waals surface area contributed by atoms with Gasteiger partial charge >= 0.3 is 5.88 Å². The SMILES string of the molecule is O=C(COCc1ncccn1)c1c(O)[n+]2ccccc2n1Cc1ccc(Cl)nc1. The number of fused-ring (bicyclic) bond motifs is 1. The maximum absolute atomic E-state index is 12.9. The molecule has 0 atom stereocenters. The van der Waals surface area contributed by atoms with Crippen LogP contribution in [0.15, 0.2) is 61.2 Å². The summed E-state index contributed by atoms with van der Waals surface area (Å²) >= 11 is 5.86. The van der Waals surface area contributed by atoms with Crippen LogP contribution < -0.4 is 4.40 Å². The number of carbonyl (C=O) groups is 1. The molecule has 0 amide bonds. The summed E-state index contributed by atoms with van der Waals surface area (Å²) < 4.78 is 8.75. The second-order valence-corrected chi connectivity index (χ2v) is 6.64. The number of aromatic hydroxyl groups is 1. The van der Waals surface area contributed by atoms with Crippen molar-refractivity contribution in [3.8, 4) is 5.88 Å². The third kappa shape index (κ3) is 4.08. The van der Waals surface area contributed by atoms with Crippen molar-refractivity contribution in [1.29, 1.82) is 0 Å². The second-order valence-electron chi connectivity index (χ2n) is 6.26. The molecule has 0 aliphatic heterocycles. The lowest BCUT2D eigenvalue weighted by Gasteiger charge is -2.04. The summed E-state index contributed by atoms with van der Waals surface area (Å²) in [4.78, 5) is 25.1. The number of rotatable bonds is 7. The van der Waals surface area contributed by atoms with E-state index in [9.17, 15) is 9.90 Å². The quantitative estimate of drug-likeness (QED) is 0.285. The van der Waals surface area contributed by atoms with Gasteiger partial charge in [-0.3, -0.25) is 4.79 Å². The number of aromatic nitrogens is 5. The van der Waals surface area contributed by atoms with Crippen LogP contribution in [0, 0.1) is 0 Å². The van der Waals surface area contributed by atoms with Gasteiger partial charge in [0.15, 0.2) is 5.82 Å². The number of nitrogens with zero attached hydrogens (tertiary/aromatic N) is 5. The average Bonchev–Trinajstić information content (AvgIpc) is 3.02. The highest BCUT2D eigenvalue weighted by molar-refractivity contribution is 6.29. The van der Waals surface area contributed by atoms with Crippen molar-refractivity contribution in [3.63, 3.8) is 0 Å². The molecular formula is C20H17ClN5O3+. The highest BCUT2D eigenvalue weighted by Gasteiger charge is 2.31. The fraction of sp³-hybridized carbons (Fsp3) is 0.150. The van der Waals surface area contributed by atoms with Crippen LogP contribution in [0.5, 0.6) is 5.88 Å². The predicted molar refractivity (Wildman–Crippen MR) is 104 cm³/mol. The molecule has 4 aromatic rings. The van der Waals surface area contributed by atoms with E-state index < -0.39 is 0 Å². The lowest BCUT2D eigenvalue weighted by atomic mass is 10.2. The first-order valence-electron chi connectivity index (χ1n) is 8.82. The first-order valence-corrected chi connectivity index (χ1v) is 9.20. The second kappa shape index (κ2) is 8.34. The molecule has 8 nitrogen and oxygen atoms in total. The number of Topliss-reactive ketones (excluding diaryl/α,β-unsaturated/α-hetero) is 1. The van der Waals surface area contributed by atoms with E-state index in [4.69, 9.17) is 16.3 Å². The summed E-state index contributed by atoms with van der Waals surface area (Å²) in [6, 6.07) is 10.6. The van der Waals surface area contributed by atoms with E-state index in [0.29, 0.717) is 23.2 Å². The van der Waals surface area contributed by atoms with E-state index in [0.717, 1.165) is 5.56 Å². The first kappa shape index (κ1) is 19.0. The lowest BCUT2D eigenvalue weighted by molar-refractivity contribution is -0.521. The Hall–Kier alpha value is -3.36. The minimum atomic E-state index is -0.357. The van der Waals surface area contributed by atoms with Crippen LogP contribution in [-0.4, -0.2) is 37.0 Å². The number of ether oxygens (including phenoxy) is 1. The minimum absolute atomic E-state index is 0.0990. The number of ketones is 1. The Kier molecular flexibility index (Phi) is 5.46. The van der Waals surface area contributed by atoms with Crippen molar-refractivity contribution in [2.75, 3.05) is 6.61 Å². The molecule has 0 radical (unpaired) electrons. The molecule has 9 heteroatoms. The number of hydrogen-bond donors (Lipinski definition) is 1. The molecule has 0 saturated carbocycles. The molecule has 4 heterocycles. The first-order chi connectivity index (χ1) is 14.1. The van der Waals surface area contributed by atoms with Crippen molar-refractivity contribution in [2.45, 2.75) is 13.2 Å². The molecule has 1 N–H and O–H groups in total. The molecule has 0 saturated heterocycles. The lowest BCUT2D eigenvalue weighted by Crippen LogP contribution is -2.19. The van der Waals surface area contributed by atoms with Crippen molar-refractivity contribution in [2.24, 2.45) is 0 Å². The van der Waals surface area contributed by atoms with Crippen molar-refractivity contribution in [1.82, 2.24) is 19.5 Å². The molecule has 4 rings (SSSR count).